The topological polar surface area (TPSA) is 32.3 Å². The average molecular weight is 252 g/mol. The first-order valence-electron chi connectivity index (χ1n) is 7.72. The molecule has 1 saturated carbocycles. The van der Waals surface area contributed by atoms with Crippen molar-refractivity contribution in [3.05, 3.63) is 0 Å². The summed E-state index contributed by atoms with van der Waals surface area (Å²) in [5.74, 6) is 1.13. The van der Waals surface area contributed by atoms with Gasteiger partial charge >= 0.3 is 0 Å². The summed E-state index contributed by atoms with van der Waals surface area (Å²) in [6.45, 7) is 6.27. The molecule has 104 valence electrons. The molecule has 0 radical (unpaired) electrons. The van der Waals surface area contributed by atoms with E-state index in [1.54, 1.807) is 0 Å². The van der Waals surface area contributed by atoms with Crippen molar-refractivity contribution in [3.63, 3.8) is 0 Å². The highest BCUT2D eigenvalue weighted by Crippen LogP contribution is 2.30. The van der Waals surface area contributed by atoms with Crippen molar-refractivity contribution in [2.24, 2.45) is 5.92 Å². The van der Waals surface area contributed by atoms with Crippen LogP contribution in [0.4, 0.5) is 0 Å². The van der Waals surface area contributed by atoms with Gasteiger partial charge in [-0.05, 0) is 52.0 Å². The second kappa shape index (κ2) is 6.55. The van der Waals surface area contributed by atoms with E-state index in [0.29, 0.717) is 11.9 Å². The third kappa shape index (κ3) is 3.98. The molecular formula is C15H28N2O. The van der Waals surface area contributed by atoms with Crippen molar-refractivity contribution >= 4 is 5.91 Å². The van der Waals surface area contributed by atoms with Crippen molar-refractivity contribution in [3.8, 4) is 0 Å². The molecule has 0 aromatic carbocycles. The lowest BCUT2D eigenvalue weighted by Gasteiger charge is -2.32. The molecule has 1 aliphatic heterocycles. The van der Waals surface area contributed by atoms with Crippen LogP contribution in [0.5, 0.6) is 0 Å². The van der Waals surface area contributed by atoms with E-state index in [2.05, 4.69) is 24.1 Å². The number of rotatable bonds is 4. The summed E-state index contributed by atoms with van der Waals surface area (Å²) in [7, 11) is 0. The van der Waals surface area contributed by atoms with Crippen LogP contribution >= 0.6 is 0 Å². The highest BCUT2D eigenvalue weighted by Gasteiger charge is 2.31. The van der Waals surface area contributed by atoms with Crippen molar-refractivity contribution in [1.29, 1.82) is 0 Å². The monoisotopic (exact) mass is 252 g/mol. The average Bonchev–Trinajstić information content (AvgIpc) is 3.08. The number of hydrogen-bond acceptors (Lipinski definition) is 2. The molecule has 1 heterocycles. The molecule has 1 unspecified atom stereocenters. The normalized spacial score (nSPS) is 25.6. The number of nitrogens with one attached hydrogen (secondary N) is 1. The van der Waals surface area contributed by atoms with Crippen LogP contribution < -0.4 is 5.32 Å². The molecule has 0 spiro atoms. The van der Waals surface area contributed by atoms with E-state index in [4.69, 9.17) is 0 Å². The Kier molecular flexibility index (Phi) is 5.04. The summed E-state index contributed by atoms with van der Waals surface area (Å²) < 4.78 is 0. The van der Waals surface area contributed by atoms with Gasteiger partial charge in [0.25, 0.3) is 0 Å². The second-order valence-electron chi connectivity index (χ2n) is 6.24. The van der Waals surface area contributed by atoms with Crippen LogP contribution in [0.15, 0.2) is 0 Å². The Balaban J connectivity index is 1.91. The van der Waals surface area contributed by atoms with Gasteiger partial charge in [0.1, 0.15) is 0 Å². The molecule has 0 aromatic rings. The summed E-state index contributed by atoms with van der Waals surface area (Å²) in [5.41, 5.74) is 0. The van der Waals surface area contributed by atoms with Crippen LogP contribution in [-0.2, 0) is 4.79 Å². The molecule has 0 aromatic heterocycles. The van der Waals surface area contributed by atoms with E-state index in [0.717, 1.165) is 25.4 Å². The highest BCUT2D eigenvalue weighted by atomic mass is 16.2. The van der Waals surface area contributed by atoms with E-state index in [9.17, 15) is 4.79 Å². The second-order valence-corrected chi connectivity index (χ2v) is 6.24. The fourth-order valence-corrected chi connectivity index (χ4v) is 2.75. The van der Waals surface area contributed by atoms with Gasteiger partial charge < -0.3 is 10.2 Å². The van der Waals surface area contributed by atoms with Gasteiger partial charge in [0.2, 0.25) is 5.91 Å². The van der Waals surface area contributed by atoms with Crippen LogP contribution in [0.3, 0.4) is 0 Å². The van der Waals surface area contributed by atoms with Crippen LogP contribution in [0, 0.1) is 5.92 Å². The molecule has 3 heteroatoms. The first-order chi connectivity index (χ1) is 8.68. The number of amides is 1. The van der Waals surface area contributed by atoms with Crippen molar-refractivity contribution < 1.29 is 4.79 Å². The molecule has 2 aliphatic rings. The third-order valence-corrected chi connectivity index (χ3v) is 4.17. The van der Waals surface area contributed by atoms with Crippen molar-refractivity contribution in [2.75, 3.05) is 13.1 Å². The lowest BCUT2D eigenvalue weighted by atomic mass is 10.0. The molecule has 1 amide bonds. The Morgan fingerprint density at radius 3 is 2.56 bits per heavy atom. The Hall–Kier alpha value is -0.570. The number of carbonyl (C=O) groups excluding carboxylic acids is 1. The van der Waals surface area contributed by atoms with Gasteiger partial charge in [0, 0.05) is 12.6 Å². The van der Waals surface area contributed by atoms with Crippen LogP contribution in [0.25, 0.3) is 0 Å². The largest absolute Gasteiger partial charge is 0.339 e. The zero-order chi connectivity index (χ0) is 13.0. The first kappa shape index (κ1) is 13.9. The minimum absolute atomic E-state index is 0.0754. The minimum Gasteiger partial charge on any atom is -0.339 e. The van der Waals surface area contributed by atoms with Gasteiger partial charge in [-0.3, -0.25) is 4.79 Å². The predicted molar refractivity (Wildman–Crippen MR) is 74.4 cm³/mol. The van der Waals surface area contributed by atoms with Crippen LogP contribution in [-0.4, -0.2) is 36.0 Å². The molecule has 1 saturated heterocycles. The number of nitrogens with zero attached hydrogens (tertiary/aromatic N) is 1. The molecule has 1 atom stereocenters. The van der Waals surface area contributed by atoms with Crippen molar-refractivity contribution in [2.45, 2.75) is 70.9 Å². The van der Waals surface area contributed by atoms with Gasteiger partial charge in [-0.15, -0.1) is 0 Å². The molecule has 1 N–H and O–H groups in total. The third-order valence-electron chi connectivity index (χ3n) is 4.17. The van der Waals surface area contributed by atoms with E-state index < -0.39 is 0 Å². The standard InChI is InChI=1S/C15H28N2O/c1-12(2)17(11-13-8-9-13)15(18)14-7-5-3-4-6-10-16-14/h12-14,16H,3-11H2,1-2H3. The molecule has 2 rings (SSSR count). The van der Waals surface area contributed by atoms with E-state index in [-0.39, 0.29) is 6.04 Å². The molecule has 2 fully saturated rings. The predicted octanol–water partition coefficient (Wildman–Crippen LogP) is 2.56. The summed E-state index contributed by atoms with van der Waals surface area (Å²) in [5, 5.41) is 3.46. The smallest absolute Gasteiger partial charge is 0.239 e. The summed E-state index contributed by atoms with van der Waals surface area (Å²) in [6, 6.07) is 0.414. The fourth-order valence-electron chi connectivity index (χ4n) is 2.75. The van der Waals surface area contributed by atoms with Crippen LogP contribution in [0.2, 0.25) is 0 Å². The van der Waals surface area contributed by atoms with E-state index >= 15 is 0 Å². The van der Waals surface area contributed by atoms with Crippen molar-refractivity contribution in [1.82, 2.24) is 10.2 Å². The maximum absolute atomic E-state index is 12.6. The van der Waals surface area contributed by atoms with E-state index in [1.807, 2.05) is 0 Å². The molecule has 3 nitrogen and oxygen atoms in total. The first-order valence-corrected chi connectivity index (χ1v) is 7.72. The molecule has 0 bridgehead atoms. The molecular weight excluding hydrogens is 224 g/mol. The quantitative estimate of drug-likeness (QED) is 0.834. The number of carbonyl (C=O) groups is 1. The van der Waals surface area contributed by atoms with Crippen LogP contribution in [0.1, 0.15) is 58.8 Å². The maximum Gasteiger partial charge on any atom is 0.239 e. The summed E-state index contributed by atoms with van der Waals surface area (Å²) >= 11 is 0. The van der Waals surface area contributed by atoms with Gasteiger partial charge in [0.15, 0.2) is 0 Å². The summed E-state index contributed by atoms with van der Waals surface area (Å²) in [6.07, 6.45) is 8.66. The minimum atomic E-state index is 0.0754. The summed E-state index contributed by atoms with van der Waals surface area (Å²) in [4.78, 5) is 14.7. The van der Waals surface area contributed by atoms with Gasteiger partial charge in [-0.2, -0.15) is 0 Å². The lowest BCUT2D eigenvalue weighted by Crippen LogP contribution is -2.50. The SMILES string of the molecule is CC(C)N(CC1CC1)C(=O)C1CCCCCCN1. The Labute approximate surface area is 111 Å². The zero-order valence-corrected chi connectivity index (χ0v) is 12.0. The Morgan fingerprint density at radius 2 is 1.89 bits per heavy atom. The zero-order valence-electron chi connectivity index (χ0n) is 12.0. The fraction of sp³-hybridized carbons (Fsp3) is 0.933. The molecule has 1 aliphatic carbocycles. The highest BCUT2D eigenvalue weighted by molar-refractivity contribution is 5.82. The number of hydrogen-bond donors (Lipinski definition) is 1. The lowest BCUT2D eigenvalue weighted by molar-refractivity contribution is -0.135. The van der Waals surface area contributed by atoms with Gasteiger partial charge in [-0.25, -0.2) is 0 Å². The Bertz CT molecular complexity index is 266. The molecule has 18 heavy (non-hydrogen) atoms. The van der Waals surface area contributed by atoms with Gasteiger partial charge in [-0.1, -0.05) is 19.3 Å². The Morgan fingerprint density at radius 1 is 1.17 bits per heavy atom. The maximum atomic E-state index is 12.6. The van der Waals surface area contributed by atoms with Gasteiger partial charge in [0.05, 0.1) is 6.04 Å². The van der Waals surface area contributed by atoms with E-state index in [1.165, 1.54) is 38.5 Å².